The van der Waals surface area contributed by atoms with Gasteiger partial charge in [0, 0.05) is 17.0 Å². The van der Waals surface area contributed by atoms with Crippen LogP contribution in [0.1, 0.15) is 34.1 Å². The molecule has 0 spiro atoms. The average molecular weight is 381 g/mol. The minimum absolute atomic E-state index is 0.220. The van der Waals surface area contributed by atoms with Gasteiger partial charge in [0.15, 0.2) is 0 Å². The summed E-state index contributed by atoms with van der Waals surface area (Å²) in [5, 5.41) is 6.60. The summed E-state index contributed by atoms with van der Waals surface area (Å²) in [6.07, 6.45) is 2.16. The average Bonchev–Trinajstić information content (AvgIpc) is 3.37. The van der Waals surface area contributed by atoms with Gasteiger partial charge < -0.3 is 9.15 Å². The van der Waals surface area contributed by atoms with Crippen molar-refractivity contribution in [1.82, 2.24) is 5.01 Å². The summed E-state index contributed by atoms with van der Waals surface area (Å²) in [4.78, 5) is 13.1. The molecule has 2 heterocycles. The van der Waals surface area contributed by atoms with Crippen molar-refractivity contribution in [3.8, 4) is 5.75 Å². The van der Waals surface area contributed by atoms with Crippen LogP contribution >= 0.6 is 11.6 Å². The van der Waals surface area contributed by atoms with E-state index in [0.717, 1.165) is 17.0 Å². The minimum Gasteiger partial charge on any atom is -0.497 e. The first-order chi connectivity index (χ1) is 13.2. The molecule has 1 aromatic heterocycles. The monoisotopic (exact) mass is 380 g/mol. The van der Waals surface area contributed by atoms with E-state index in [2.05, 4.69) is 5.10 Å². The molecule has 1 aliphatic heterocycles. The predicted molar refractivity (Wildman–Crippen MR) is 103 cm³/mol. The first-order valence-corrected chi connectivity index (χ1v) is 8.88. The van der Waals surface area contributed by atoms with E-state index in [1.54, 1.807) is 37.6 Å². The Labute approximate surface area is 161 Å². The van der Waals surface area contributed by atoms with E-state index in [0.29, 0.717) is 22.8 Å². The van der Waals surface area contributed by atoms with Crippen molar-refractivity contribution in [2.24, 2.45) is 5.10 Å². The van der Waals surface area contributed by atoms with Crippen LogP contribution in [0.2, 0.25) is 5.02 Å². The van der Waals surface area contributed by atoms with Crippen molar-refractivity contribution in [2.75, 3.05) is 7.11 Å². The van der Waals surface area contributed by atoms with Crippen molar-refractivity contribution in [2.45, 2.75) is 12.5 Å². The summed E-state index contributed by atoms with van der Waals surface area (Å²) in [6.45, 7) is 0. The Morgan fingerprint density at radius 1 is 1.19 bits per heavy atom. The Morgan fingerprint density at radius 3 is 2.67 bits per heavy atom. The largest absolute Gasteiger partial charge is 0.497 e. The first-order valence-electron chi connectivity index (χ1n) is 8.50. The number of rotatable bonds is 4. The number of hydrogen-bond acceptors (Lipinski definition) is 4. The van der Waals surface area contributed by atoms with Gasteiger partial charge in [-0.2, -0.15) is 5.10 Å². The molecule has 3 aromatic rings. The molecular formula is C21H17ClN2O3. The molecule has 6 heteroatoms. The third-order valence-corrected chi connectivity index (χ3v) is 4.72. The third kappa shape index (κ3) is 3.46. The number of hydrogen-bond donors (Lipinski definition) is 0. The van der Waals surface area contributed by atoms with Crippen LogP contribution in [0.25, 0.3) is 0 Å². The number of amides is 1. The van der Waals surface area contributed by atoms with Gasteiger partial charge >= 0.3 is 0 Å². The maximum Gasteiger partial charge on any atom is 0.274 e. The fourth-order valence-electron chi connectivity index (χ4n) is 3.11. The Bertz CT molecular complexity index is 981. The van der Waals surface area contributed by atoms with Gasteiger partial charge in [-0.3, -0.25) is 4.79 Å². The van der Waals surface area contributed by atoms with E-state index in [1.807, 2.05) is 36.4 Å². The molecule has 0 saturated carbocycles. The first kappa shape index (κ1) is 17.4. The maximum atomic E-state index is 13.1. The number of halogens is 1. The molecule has 1 amide bonds. The molecule has 0 bridgehead atoms. The van der Waals surface area contributed by atoms with Gasteiger partial charge in [-0.05, 0) is 60.2 Å². The van der Waals surface area contributed by atoms with E-state index in [-0.39, 0.29) is 11.9 Å². The van der Waals surface area contributed by atoms with Gasteiger partial charge in [0.2, 0.25) is 0 Å². The smallest absolute Gasteiger partial charge is 0.274 e. The standard InChI is InChI=1S/C21H17ClN2O3/c1-26-17-9-7-14(8-10-17)18-13-19(20-6-3-11-27-20)24(23-18)21(25)15-4-2-5-16(22)12-15/h2-12,19H,13H2,1H3. The maximum absolute atomic E-state index is 13.1. The lowest BCUT2D eigenvalue weighted by Crippen LogP contribution is -2.26. The molecular weight excluding hydrogens is 364 g/mol. The summed E-state index contributed by atoms with van der Waals surface area (Å²) < 4.78 is 10.8. The number of nitrogens with zero attached hydrogens (tertiary/aromatic N) is 2. The topological polar surface area (TPSA) is 55.0 Å². The zero-order valence-electron chi connectivity index (χ0n) is 14.6. The molecule has 2 aromatic carbocycles. The number of carbonyl (C=O) groups excluding carboxylic acids is 1. The lowest BCUT2D eigenvalue weighted by atomic mass is 10.0. The van der Waals surface area contributed by atoms with Crippen LogP contribution < -0.4 is 4.74 Å². The summed E-state index contributed by atoms with van der Waals surface area (Å²) >= 11 is 6.05. The number of benzene rings is 2. The predicted octanol–water partition coefficient (Wildman–Crippen LogP) is 4.93. The van der Waals surface area contributed by atoms with Crippen molar-refractivity contribution in [1.29, 1.82) is 0 Å². The van der Waals surface area contributed by atoms with Gasteiger partial charge in [0.25, 0.3) is 5.91 Å². The minimum atomic E-state index is -0.302. The number of methoxy groups -OCH3 is 1. The molecule has 1 unspecified atom stereocenters. The van der Waals surface area contributed by atoms with Crippen LogP contribution in [0.4, 0.5) is 0 Å². The molecule has 1 atom stereocenters. The van der Waals surface area contributed by atoms with Gasteiger partial charge in [-0.15, -0.1) is 0 Å². The van der Waals surface area contributed by atoms with Gasteiger partial charge in [-0.1, -0.05) is 17.7 Å². The summed E-state index contributed by atoms with van der Waals surface area (Å²) in [6, 6.07) is 17.8. The van der Waals surface area contributed by atoms with Crippen molar-refractivity contribution < 1.29 is 13.9 Å². The molecule has 0 radical (unpaired) electrons. The van der Waals surface area contributed by atoms with Crippen LogP contribution in [0.5, 0.6) is 5.75 Å². The highest BCUT2D eigenvalue weighted by Crippen LogP contribution is 2.34. The quantitative estimate of drug-likeness (QED) is 0.644. The highest BCUT2D eigenvalue weighted by molar-refractivity contribution is 6.31. The van der Waals surface area contributed by atoms with E-state index in [4.69, 9.17) is 20.8 Å². The normalized spacial score (nSPS) is 16.3. The van der Waals surface area contributed by atoms with E-state index < -0.39 is 0 Å². The number of carbonyl (C=O) groups is 1. The Kier molecular flexibility index (Phi) is 4.69. The second kappa shape index (κ2) is 7.29. The number of hydrazone groups is 1. The Hall–Kier alpha value is -3.05. The highest BCUT2D eigenvalue weighted by Gasteiger charge is 2.35. The van der Waals surface area contributed by atoms with Crippen LogP contribution in [-0.4, -0.2) is 23.7 Å². The van der Waals surface area contributed by atoms with Crippen LogP contribution in [-0.2, 0) is 0 Å². The molecule has 1 aliphatic rings. The van der Waals surface area contributed by atoms with Crippen LogP contribution in [0.15, 0.2) is 76.4 Å². The van der Waals surface area contributed by atoms with Gasteiger partial charge in [0.1, 0.15) is 17.6 Å². The lowest BCUT2D eigenvalue weighted by molar-refractivity contribution is 0.0693. The molecule has 5 nitrogen and oxygen atoms in total. The molecule has 4 rings (SSSR count). The van der Waals surface area contributed by atoms with Gasteiger partial charge in [0.05, 0.1) is 19.1 Å². The fraction of sp³-hybridized carbons (Fsp3) is 0.143. The van der Waals surface area contributed by atoms with Crippen molar-refractivity contribution in [3.63, 3.8) is 0 Å². The summed E-state index contributed by atoms with van der Waals surface area (Å²) in [5.74, 6) is 1.24. The lowest BCUT2D eigenvalue weighted by Gasteiger charge is -2.20. The fourth-order valence-corrected chi connectivity index (χ4v) is 3.30. The molecule has 0 N–H and O–H groups in total. The Morgan fingerprint density at radius 2 is 2.00 bits per heavy atom. The summed E-state index contributed by atoms with van der Waals surface area (Å²) in [7, 11) is 1.63. The second-order valence-electron chi connectivity index (χ2n) is 6.17. The van der Waals surface area contributed by atoms with Crippen LogP contribution in [0, 0.1) is 0 Å². The number of ether oxygens (including phenoxy) is 1. The second-order valence-corrected chi connectivity index (χ2v) is 6.61. The SMILES string of the molecule is COc1ccc(C2=NN(C(=O)c3cccc(Cl)c3)C(c3ccco3)C2)cc1. The zero-order valence-corrected chi connectivity index (χ0v) is 15.4. The zero-order chi connectivity index (χ0) is 18.8. The van der Waals surface area contributed by atoms with Crippen LogP contribution in [0.3, 0.4) is 0 Å². The molecule has 136 valence electrons. The number of furan rings is 1. The van der Waals surface area contributed by atoms with Crippen molar-refractivity contribution >= 4 is 23.2 Å². The van der Waals surface area contributed by atoms with Crippen molar-refractivity contribution in [3.05, 3.63) is 88.8 Å². The highest BCUT2D eigenvalue weighted by atomic mass is 35.5. The van der Waals surface area contributed by atoms with E-state index in [1.165, 1.54) is 5.01 Å². The molecule has 0 aliphatic carbocycles. The summed E-state index contributed by atoms with van der Waals surface area (Å²) in [5.41, 5.74) is 2.24. The molecule has 0 fully saturated rings. The Balaban J connectivity index is 1.70. The van der Waals surface area contributed by atoms with E-state index in [9.17, 15) is 4.79 Å². The third-order valence-electron chi connectivity index (χ3n) is 4.48. The molecule has 0 saturated heterocycles. The molecule has 27 heavy (non-hydrogen) atoms. The van der Waals surface area contributed by atoms with Gasteiger partial charge in [-0.25, -0.2) is 5.01 Å². The van der Waals surface area contributed by atoms with E-state index >= 15 is 0 Å².